The summed E-state index contributed by atoms with van der Waals surface area (Å²) >= 11 is 0. The number of pyridine rings is 1. The maximum Gasteiger partial charge on any atom is 0.138 e. The molecule has 2 aliphatic carbocycles. The Kier molecular flexibility index (Phi) is 4.38. The number of hydrogen-bond donors (Lipinski definition) is 0. The fourth-order valence-corrected chi connectivity index (χ4v) is 6.19. The van der Waals surface area contributed by atoms with Gasteiger partial charge in [0.25, 0.3) is 0 Å². The van der Waals surface area contributed by atoms with Gasteiger partial charge < -0.3 is 0 Å². The number of fused-ring (bicyclic) bond motifs is 4. The molecule has 0 aliphatic heterocycles. The Bertz CT molecular complexity index is 1890. The third kappa shape index (κ3) is 3.02. The molecule has 8 rings (SSSR count). The van der Waals surface area contributed by atoms with Crippen LogP contribution in [0.1, 0.15) is 24.0 Å². The van der Waals surface area contributed by atoms with Gasteiger partial charge in [-0.2, -0.15) is 0 Å². The SMILES string of the molecule is C1=C2C(=CCC1)c1ccc(-c3cccc(-n4c(-c5ccccc5)cc5ccccc54)n3)c3cccc2c13. The van der Waals surface area contributed by atoms with Crippen molar-refractivity contribution in [2.75, 3.05) is 0 Å². The van der Waals surface area contributed by atoms with E-state index in [0.29, 0.717) is 0 Å². The van der Waals surface area contributed by atoms with Gasteiger partial charge in [0.05, 0.1) is 16.9 Å². The number of allylic oxidation sites excluding steroid dienone is 4. The number of rotatable bonds is 3. The molecule has 0 amide bonds. The lowest BCUT2D eigenvalue weighted by molar-refractivity contribution is 1.05. The second-order valence-electron chi connectivity index (χ2n) is 9.87. The number of hydrogen-bond acceptors (Lipinski definition) is 1. The van der Waals surface area contributed by atoms with Gasteiger partial charge in [-0.3, -0.25) is 4.57 Å². The predicted octanol–water partition coefficient (Wildman–Crippen LogP) is 9.09. The van der Waals surface area contributed by atoms with Crippen molar-refractivity contribution in [1.29, 1.82) is 0 Å². The van der Waals surface area contributed by atoms with Crippen LogP contribution in [0.2, 0.25) is 0 Å². The van der Waals surface area contributed by atoms with E-state index in [0.717, 1.165) is 35.6 Å². The molecule has 2 aromatic heterocycles. The summed E-state index contributed by atoms with van der Waals surface area (Å²) in [6, 6.07) is 39.1. The second-order valence-corrected chi connectivity index (χ2v) is 9.87. The monoisotopic (exact) mass is 472 g/mol. The lowest BCUT2D eigenvalue weighted by atomic mass is 9.95. The quantitative estimate of drug-likeness (QED) is 0.251. The van der Waals surface area contributed by atoms with Crippen molar-refractivity contribution in [3.05, 3.63) is 132 Å². The van der Waals surface area contributed by atoms with Crippen LogP contribution in [0.25, 0.3) is 61.2 Å². The molecule has 2 nitrogen and oxygen atoms in total. The standard InChI is InChI=1S/C35H24N2/c1-2-10-23(11-3-1)33-22-24-12-4-7-18-32(24)37(33)34-19-9-17-31(36-34)27-20-21-30-26-14-6-5-13-25(26)28-15-8-16-29(27)35(28)30/h1-4,7-22H,5-6H2. The van der Waals surface area contributed by atoms with Gasteiger partial charge >= 0.3 is 0 Å². The van der Waals surface area contributed by atoms with Crippen molar-refractivity contribution in [1.82, 2.24) is 9.55 Å². The largest absolute Gasteiger partial charge is 0.294 e. The molecule has 4 aromatic carbocycles. The first-order valence-electron chi connectivity index (χ1n) is 13.0. The Hall–Kier alpha value is -4.69. The molecular weight excluding hydrogens is 448 g/mol. The summed E-state index contributed by atoms with van der Waals surface area (Å²) in [5.74, 6) is 0.930. The van der Waals surface area contributed by atoms with Gasteiger partial charge in [0.1, 0.15) is 5.82 Å². The molecular formula is C35H24N2. The second kappa shape index (κ2) is 7.91. The number of aromatic nitrogens is 2. The highest BCUT2D eigenvalue weighted by Crippen LogP contribution is 2.49. The van der Waals surface area contributed by atoms with E-state index in [1.165, 1.54) is 49.6 Å². The van der Waals surface area contributed by atoms with Gasteiger partial charge in [0.2, 0.25) is 0 Å². The number of benzene rings is 4. The summed E-state index contributed by atoms with van der Waals surface area (Å²) < 4.78 is 2.29. The van der Waals surface area contributed by atoms with Crippen LogP contribution < -0.4 is 0 Å². The predicted molar refractivity (Wildman–Crippen MR) is 155 cm³/mol. The first-order chi connectivity index (χ1) is 18.4. The summed E-state index contributed by atoms with van der Waals surface area (Å²) in [6.07, 6.45) is 7.05. The smallest absolute Gasteiger partial charge is 0.138 e. The number of para-hydroxylation sites is 1. The summed E-state index contributed by atoms with van der Waals surface area (Å²) in [7, 11) is 0. The first-order valence-corrected chi connectivity index (χ1v) is 13.0. The molecule has 0 fully saturated rings. The van der Waals surface area contributed by atoms with E-state index in [-0.39, 0.29) is 0 Å². The Labute approximate surface area is 215 Å². The van der Waals surface area contributed by atoms with Crippen LogP contribution in [-0.2, 0) is 0 Å². The van der Waals surface area contributed by atoms with Crippen molar-refractivity contribution in [2.45, 2.75) is 12.8 Å². The zero-order chi connectivity index (χ0) is 24.3. The van der Waals surface area contributed by atoms with Crippen LogP contribution in [0, 0.1) is 0 Å². The zero-order valence-electron chi connectivity index (χ0n) is 20.4. The molecule has 0 saturated carbocycles. The summed E-state index contributed by atoms with van der Waals surface area (Å²) in [6.45, 7) is 0. The van der Waals surface area contributed by atoms with Crippen molar-refractivity contribution in [2.24, 2.45) is 0 Å². The summed E-state index contributed by atoms with van der Waals surface area (Å²) in [5.41, 5.74) is 11.2. The Morgan fingerprint density at radius 1 is 0.595 bits per heavy atom. The minimum Gasteiger partial charge on any atom is -0.294 e. The van der Waals surface area contributed by atoms with Gasteiger partial charge in [-0.1, -0.05) is 97.1 Å². The van der Waals surface area contributed by atoms with Crippen LogP contribution >= 0.6 is 0 Å². The van der Waals surface area contributed by atoms with Crippen molar-refractivity contribution >= 4 is 32.8 Å². The van der Waals surface area contributed by atoms with Crippen molar-refractivity contribution in [3.8, 4) is 28.3 Å². The maximum absolute atomic E-state index is 5.28. The van der Waals surface area contributed by atoms with Crippen LogP contribution in [0.15, 0.2) is 121 Å². The van der Waals surface area contributed by atoms with Crippen LogP contribution in [0.4, 0.5) is 0 Å². The van der Waals surface area contributed by atoms with E-state index in [2.05, 4.69) is 126 Å². The average molecular weight is 473 g/mol. The summed E-state index contributed by atoms with van der Waals surface area (Å²) in [5, 5.41) is 3.85. The fraction of sp³-hybridized carbons (Fsp3) is 0.0571. The number of nitrogens with zero attached hydrogens (tertiary/aromatic N) is 2. The van der Waals surface area contributed by atoms with Crippen molar-refractivity contribution in [3.63, 3.8) is 0 Å². The van der Waals surface area contributed by atoms with E-state index < -0.39 is 0 Å². The Balaban J connectivity index is 1.35. The molecule has 0 N–H and O–H groups in total. The molecule has 2 heteroatoms. The Morgan fingerprint density at radius 2 is 1.32 bits per heavy atom. The van der Waals surface area contributed by atoms with E-state index in [1.807, 2.05) is 0 Å². The van der Waals surface area contributed by atoms with E-state index in [1.54, 1.807) is 0 Å². The van der Waals surface area contributed by atoms with Gasteiger partial charge in [-0.05, 0) is 75.7 Å². The fourth-order valence-electron chi connectivity index (χ4n) is 6.19. The first kappa shape index (κ1) is 20.5. The molecule has 0 spiro atoms. The third-order valence-electron chi connectivity index (χ3n) is 7.79. The summed E-state index contributed by atoms with van der Waals surface area (Å²) in [4.78, 5) is 5.28. The molecule has 37 heavy (non-hydrogen) atoms. The zero-order valence-corrected chi connectivity index (χ0v) is 20.4. The van der Waals surface area contributed by atoms with E-state index in [4.69, 9.17) is 4.98 Å². The normalized spacial score (nSPS) is 14.1. The topological polar surface area (TPSA) is 17.8 Å². The molecule has 6 aromatic rings. The van der Waals surface area contributed by atoms with Gasteiger partial charge in [0, 0.05) is 10.9 Å². The van der Waals surface area contributed by atoms with Gasteiger partial charge in [-0.25, -0.2) is 4.98 Å². The van der Waals surface area contributed by atoms with Crippen LogP contribution in [0.5, 0.6) is 0 Å². The highest BCUT2D eigenvalue weighted by Gasteiger charge is 2.26. The van der Waals surface area contributed by atoms with Gasteiger partial charge in [-0.15, -0.1) is 0 Å². The molecule has 0 unspecified atom stereocenters. The Morgan fingerprint density at radius 3 is 2.19 bits per heavy atom. The van der Waals surface area contributed by atoms with Crippen molar-refractivity contribution < 1.29 is 0 Å². The van der Waals surface area contributed by atoms with Gasteiger partial charge in [0.15, 0.2) is 0 Å². The molecule has 0 bridgehead atoms. The highest BCUT2D eigenvalue weighted by molar-refractivity contribution is 6.24. The third-order valence-corrected chi connectivity index (χ3v) is 7.79. The lowest BCUT2D eigenvalue weighted by Crippen LogP contribution is -2.00. The molecule has 2 heterocycles. The lowest BCUT2D eigenvalue weighted by Gasteiger charge is -2.13. The maximum atomic E-state index is 5.28. The minimum absolute atomic E-state index is 0.930. The van der Waals surface area contributed by atoms with Crippen LogP contribution in [-0.4, -0.2) is 9.55 Å². The molecule has 0 atom stereocenters. The molecule has 2 aliphatic rings. The van der Waals surface area contributed by atoms with E-state index >= 15 is 0 Å². The molecule has 0 saturated heterocycles. The van der Waals surface area contributed by atoms with Crippen LogP contribution in [0.3, 0.4) is 0 Å². The molecule has 174 valence electrons. The molecule has 0 radical (unpaired) electrons. The highest BCUT2D eigenvalue weighted by atomic mass is 15.1. The average Bonchev–Trinajstić information content (AvgIpc) is 3.52. The minimum atomic E-state index is 0.930. The van der Waals surface area contributed by atoms with E-state index in [9.17, 15) is 0 Å².